The summed E-state index contributed by atoms with van der Waals surface area (Å²) in [5.41, 5.74) is 3.13. The fraction of sp³-hybridized carbons (Fsp3) is 0.381. The maximum Gasteiger partial charge on any atom is 0.251 e. The standard InChI is InChI=1S/C21H27N3O2/c1-3-22-21(25)18-7-4-6-17(14-18)16-23-10-12-24(13-11-23)19-8-5-9-20(15-19)26-2/h4-9,14-15H,3,10-13,16H2,1-2H3,(H,22,25). The van der Waals surface area contributed by atoms with Crippen molar-refractivity contribution in [3.8, 4) is 5.75 Å². The summed E-state index contributed by atoms with van der Waals surface area (Å²) < 4.78 is 5.32. The van der Waals surface area contributed by atoms with Crippen LogP contribution in [0.5, 0.6) is 5.75 Å². The molecule has 0 spiro atoms. The van der Waals surface area contributed by atoms with E-state index in [1.54, 1.807) is 7.11 Å². The molecule has 0 bridgehead atoms. The highest BCUT2D eigenvalue weighted by molar-refractivity contribution is 5.94. The Morgan fingerprint density at radius 3 is 2.58 bits per heavy atom. The van der Waals surface area contributed by atoms with E-state index in [1.165, 1.54) is 11.3 Å². The van der Waals surface area contributed by atoms with Gasteiger partial charge in [-0.2, -0.15) is 0 Å². The van der Waals surface area contributed by atoms with Crippen molar-refractivity contribution in [1.29, 1.82) is 0 Å². The third-order valence-electron chi connectivity index (χ3n) is 4.72. The van der Waals surface area contributed by atoms with Crippen molar-refractivity contribution < 1.29 is 9.53 Å². The molecule has 0 radical (unpaired) electrons. The molecule has 1 aliphatic heterocycles. The SMILES string of the molecule is CCNC(=O)c1cccc(CN2CCN(c3cccc(OC)c3)CC2)c1. The number of anilines is 1. The number of carbonyl (C=O) groups is 1. The molecule has 2 aromatic rings. The first-order valence-corrected chi connectivity index (χ1v) is 9.18. The van der Waals surface area contributed by atoms with Gasteiger partial charge < -0.3 is 15.0 Å². The zero-order valence-corrected chi connectivity index (χ0v) is 15.6. The summed E-state index contributed by atoms with van der Waals surface area (Å²) in [5, 5.41) is 2.86. The maximum atomic E-state index is 12.0. The normalized spacial score (nSPS) is 14.9. The van der Waals surface area contributed by atoms with Crippen LogP contribution in [0.2, 0.25) is 0 Å². The zero-order valence-electron chi connectivity index (χ0n) is 15.6. The second-order valence-electron chi connectivity index (χ2n) is 6.52. The second kappa shape index (κ2) is 8.72. The molecule has 1 N–H and O–H groups in total. The third kappa shape index (κ3) is 4.55. The maximum absolute atomic E-state index is 12.0. The van der Waals surface area contributed by atoms with Gasteiger partial charge in [-0.15, -0.1) is 0 Å². The Kier molecular flexibility index (Phi) is 6.12. The third-order valence-corrected chi connectivity index (χ3v) is 4.72. The lowest BCUT2D eigenvalue weighted by molar-refractivity contribution is 0.0955. The molecular weight excluding hydrogens is 326 g/mol. The molecule has 1 heterocycles. The van der Waals surface area contributed by atoms with Crippen LogP contribution >= 0.6 is 0 Å². The van der Waals surface area contributed by atoms with E-state index in [1.807, 2.05) is 37.3 Å². The second-order valence-corrected chi connectivity index (χ2v) is 6.52. The number of benzene rings is 2. The van der Waals surface area contributed by atoms with E-state index in [0.29, 0.717) is 6.54 Å². The largest absolute Gasteiger partial charge is 0.497 e. The highest BCUT2D eigenvalue weighted by Crippen LogP contribution is 2.22. The molecular formula is C21H27N3O2. The Balaban J connectivity index is 1.57. The van der Waals surface area contributed by atoms with E-state index in [4.69, 9.17) is 4.74 Å². The van der Waals surface area contributed by atoms with Crippen molar-refractivity contribution in [3.63, 3.8) is 0 Å². The number of hydrogen-bond donors (Lipinski definition) is 1. The molecule has 0 unspecified atom stereocenters. The van der Waals surface area contributed by atoms with E-state index in [2.05, 4.69) is 33.3 Å². The van der Waals surface area contributed by atoms with Crippen LogP contribution in [0.1, 0.15) is 22.8 Å². The van der Waals surface area contributed by atoms with Gasteiger partial charge in [-0.05, 0) is 36.8 Å². The van der Waals surface area contributed by atoms with Crippen LogP contribution in [0.15, 0.2) is 48.5 Å². The molecule has 1 amide bonds. The van der Waals surface area contributed by atoms with Crippen LogP contribution in [0.25, 0.3) is 0 Å². The molecule has 5 heteroatoms. The Morgan fingerprint density at radius 2 is 1.85 bits per heavy atom. The van der Waals surface area contributed by atoms with Crippen molar-refractivity contribution >= 4 is 11.6 Å². The molecule has 1 saturated heterocycles. The van der Waals surface area contributed by atoms with Crippen LogP contribution in [0.3, 0.4) is 0 Å². The van der Waals surface area contributed by atoms with E-state index >= 15 is 0 Å². The van der Waals surface area contributed by atoms with Crippen molar-refractivity contribution in [1.82, 2.24) is 10.2 Å². The van der Waals surface area contributed by atoms with Crippen LogP contribution < -0.4 is 15.0 Å². The van der Waals surface area contributed by atoms with Crippen LogP contribution in [-0.2, 0) is 6.54 Å². The summed E-state index contributed by atoms with van der Waals surface area (Å²) in [6.07, 6.45) is 0. The van der Waals surface area contributed by atoms with Gasteiger partial charge in [0.05, 0.1) is 7.11 Å². The number of amides is 1. The predicted octanol–water partition coefficient (Wildman–Crippen LogP) is 2.77. The van der Waals surface area contributed by atoms with Crippen molar-refractivity contribution in [3.05, 3.63) is 59.7 Å². The summed E-state index contributed by atoms with van der Waals surface area (Å²) >= 11 is 0. The number of hydrogen-bond acceptors (Lipinski definition) is 4. The quantitative estimate of drug-likeness (QED) is 0.867. The van der Waals surface area contributed by atoms with Gasteiger partial charge in [0.15, 0.2) is 0 Å². The lowest BCUT2D eigenvalue weighted by atomic mass is 10.1. The smallest absolute Gasteiger partial charge is 0.251 e. The van der Waals surface area contributed by atoms with Gasteiger partial charge in [-0.3, -0.25) is 9.69 Å². The molecule has 1 fully saturated rings. The molecule has 1 aliphatic rings. The van der Waals surface area contributed by atoms with Crippen molar-refractivity contribution in [2.75, 3.05) is 44.7 Å². The molecule has 5 nitrogen and oxygen atoms in total. The number of methoxy groups -OCH3 is 1. The molecule has 138 valence electrons. The number of nitrogens with zero attached hydrogens (tertiary/aromatic N) is 2. The van der Waals surface area contributed by atoms with Gasteiger partial charge in [0, 0.05) is 56.6 Å². The van der Waals surface area contributed by atoms with Gasteiger partial charge in [0.2, 0.25) is 0 Å². The average molecular weight is 353 g/mol. The summed E-state index contributed by atoms with van der Waals surface area (Å²) in [4.78, 5) is 16.8. The number of carbonyl (C=O) groups excluding carboxylic acids is 1. The number of nitrogens with one attached hydrogen (secondary N) is 1. The van der Waals surface area contributed by atoms with Crippen molar-refractivity contribution in [2.24, 2.45) is 0 Å². The van der Waals surface area contributed by atoms with Gasteiger partial charge in [0.25, 0.3) is 5.91 Å². The minimum absolute atomic E-state index is 0.00260. The fourth-order valence-corrected chi connectivity index (χ4v) is 3.30. The average Bonchev–Trinajstić information content (AvgIpc) is 2.69. The minimum Gasteiger partial charge on any atom is -0.497 e. The lowest BCUT2D eigenvalue weighted by Crippen LogP contribution is -2.46. The predicted molar refractivity (Wildman–Crippen MR) is 105 cm³/mol. The molecule has 2 aromatic carbocycles. The zero-order chi connectivity index (χ0) is 18.4. The van der Waals surface area contributed by atoms with Crippen LogP contribution in [0.4, 0.5) is 5.69 Å². The number of piperazine rings is 1. The molecule has 0 atom stereocenters. The number of ether oxygens (including phenoxy) is 1. The Bertz CT molecular complexity index is 740. The molecule has 0 aliphatic carbocycles. The first kappa shape index (κ1) is 18.3. The topological polar surface area (TPSA) is 44.8 Å². The molecule has 0 saturated carbocycles. The van der Waals surface area contributed by atoms with E-state index in [9.17, 15) is 4.79 Å². The molecule has 26 heavy (non-hydrogen) atoms. The highest BCUT2D eigenvalue weighted by Gasteiger charge is 2.18. The van der Waals surface area contributed by atoms with Gasteiger partial charge >= 0.3 is 0 Å². The minimum atomic E-state index is -0.00260. The fourth-order valence-electron chi connectivity index (χ4n) is 3.30. The Hall–Kier alpha value is -2.53. The molecule has 3 rings (SSSR count). The van der Waals surface area contributed by atoms with Crippen LogP contribution in [-0.4, -0.2) is 50.6 Å². The van der Waals surface area contributed by atoms with E-state index < -0.39 is 0 Å². The highest BCUT2D eigenvalue weighted by atomic mass is 16.5. The monoisotopic (exact) mass is 353 g/mol. The first-order chi connectivity index (χ1) is 12.7. The van der Waals surface area contributed by atoms with E-state index in [-0.39, 0.29) is 5.91 Å². The van der Waals surface area contributed by atoms with Gasteiger partial charge in [0.1, 0.15) is 5.75 Å². The Morgan fingerprint density at radius 1 is 1.08 bits per heavy atom. The summed E-state index contributed by atoms with van der Waals surface area (Å²) in [6, 6.07) is 16.2. The summed E-state index contributed by atoms with van der Waals surface area (Å²) in [7, 11) is 1.70. The van der Waals surface area contributed by atoms with E-state index in [0.717, 1.165) is 44.0 Å². The summed E-state index contributed by atoms with van der Waals surface area (Å²) in [6.45, 7) is 7.44. The summed E-state index contributed by atoms with van der Waals surface area (Å²) in [5.74, 6) is 0.893. The lowest BCUT2D eigenvalue weighted by Gasteiger charge is -2.36. The number of rotatable bonds is 6. The van der Waals surface area contributed by atoms with Crippen LogP contribution in [0, 0.1) is 0 Å². The Labute approximate surface area is 155 Å². The van der Waals surface area contributed by atoms with Gasteiger partial charge in [-0.1, -0.05) is 18.2 Å². The van der Waals surface area contributed by atoms with Crippen molar-refractivity contribution in [2.45, 2.75) is 13.5 Å². The first-order valence-electron chi connectivity index (χ1n) is 9.18. The van der Waals surface area contributed by atoms with Gasteiger partial charge in [-0.25, -0.2) is 0 Å². The molecule has 0 aromatic heterocycles.